The van der Waals surface area contributed by atoms with E-state index in [1.165, 1.54) is 19.3 Å². The molecular formula is C8H17LiO2. The fraction of sp³-hybridized carbons (Fsp3) is 0.750. The van der Waals surface area contributed by atoms with Crippen LogP contribution in [0.5, 0.6) is 0 Å². The van der Waals surface area contributed by atoms with Gasteiger partial charge in [0.1, 0.15) is 0 Å². The van der Waals surface area contributed by atoms with Gasteiger partial charge in [-0.05, 0) is 0 Å². The van der Waals surface area contributed by atoms with Crippen molar-refractivity contribution in [2.45, 2.75) is 40.0 Å². The second kappa shape index (κ2) is 16.6. The monoisotopic (exact) mass is 152 g/mol. The van der Waals surface area contributed by atoms with E-state index in [9.17, 15) is 0 Å². The van der Waals surface area contributed by atoms with Crippen molar-refractivity contribution in [3.8, 4) is 0 Å². The summed E-state index contributed by atoms with van der Waals surface area (Å²) in [4.78, 5) is 9.00. The minimum absolute atomic E-state index is 0. The molecule has 0 radical (unpaired) electrons. The first kappa shape index (κ1) is 17.2. The quantitative estimate of drug-likeness (QED) is 0.336. The van der Waals surface area contributed by atoms with Crippen LogP contribution in [-0.4, -0.2) is 11.1 Å². The Labute approximate surface area is 81.6 Å². The van der Waals surface area contributed by atoms with Crippen molar-refractivity contribution in [2.75, 3.05) is 0 Å². The summed E-state index contributed by atoms with van der Waals surface area (Å²) >= 11 is 0. The van der Waals surface area contributed by atoms with Crippen LogP contribution in [0.1, 0.15) is 40.0 Å². The largest absolute Gasteiger partial charge is 1.00 e. The summed E-state index contributed by atoms with van der Waals surface area (Å²) in [6, 6.07) is 0. The van der Waals surface area contributed by atoms with Crippen molar-refractivity contribution >= 4 is 5.97 Å². The number of aliphatic carboxylic acids is 1. The van der Waals surface area contributed by atoms with Crippen LogP contribution in [0.4, 0.5) is 0 Å². The van der Waals surface area contributed by atoms with Gasteiger partial charge < -0.3 is 11.5 Å². The Hall–Kier alpha value is 0.0674. The molecule has 0 aromatic rings. The summed E-state index contributed by atoms with van der Waals surface area (Å²) < 4.78 is 0. The molecule has 62 valence electrons. The third-order valence-electron chi connectivity index (χ3n) is 0.781. The van der Waals surface area contributed by atoms with E-state index in [2.05, 4.69) is 20.3 Å². The number of hydrogen-bond acceptors (Lipinski definition) is 1. The summed E-state index contributed by atoms with van der Waals surface area (Å²) in [6.45, 7) is 5.46. The summed E-state index contributed by atoms with van der Waals surface area (Å²) in [5, 5.41) is 7.42. The van der Waals surface area contributed by atoms with E-state index in [0.717, 1.165) is 6.92 Å². The van der Waals surface area contributed by atoms with E-state index in [1.807, 2.05) is 0 Å². The molecule has 0 rings (SSSR count). The average molecular weight is 152 g/mol. The maximum absolute atomic E-state index is 9.00. The second-order valence-corrected chi connectivity index (χ2v) is 2.00. The number of hydrogen-bond donors (Lipinski definition) is 1. The Balaban J connectivity index is -0.000000114. The Morgan fingerprint density at radius 2 is 1.82 bits per heavy atom. The van der Waals surface area contributed by atoms with Gasteiger partial charge in [0, 0.05) is 6.92 Å². The number of carbonyl (C=O) groups is 1. The van der Waals surface area contributed by atoms with Gasteiger partial charge in [0.15, 0.2) is 0 Å². The minimum atomic E-state index is -0.833. The molecule has 3 heteroatoms. The third-order valence-corrected chi connectivity index (χ3v) is 0.781. The van der Waals surface area contributed by atoms with E-state index in [1.54, 1.807) is 0 Å². The van der Waals surface area contributed by atoms with Gasteiger partial charge in [0.25, 0.3) is 5.97 Å². The molecule has 0 atom stereocenters. The van der Waals surface area contributed by atoms with E-state index in [0.29, 0.717) is 0 Å². The predicted molar refractivity (Wildman–Crippen MR) is 42.8 cm³/mol. The molecule has 0 saturated heterocycles. The number of unbranched alkanes of at least 4 members (excludes halogenated alkanes) is 3. The SMILES string of the molecule is CC(=O)O.CC[CH-]CCC.[Li+]. The normalized spacial score (nSPS) is 7.18. The Morgan fingerprint density at radius 3 is 1.91 bits per heavy atom. The van der Waals surface area contributed by atoms with Crippen LogP contribution in [0, 0.1) is 6.42 Å². The molecular weight excluding hydrogens is 135 g/mol. The van der Waals surface area contributed by atoms with Gasteiger partial charge in [0.2, 0.25) is 0 Å². The molecule has 0 aliphatic rings. The van der Waals surface area contributed by atoms with Crippen LogP contribution in [0.2, 0.25) is 0 Å². The van der Waals surface area contributed by atoms with Crippen molar-refractivity contribution in [1.29, 1.82) is 0 Å². The Kier molecular flexibility index (Phi) is 26.0. The fourth-order valence-corrected chi connectivity index (χ4v) is 0.408. The summed E-state index contributed by atoms with van der Waals surface area (Å²) in [7, 11) is 0. The van der Waals surface area contributed by atoms with Crippen LogP contribution >= 0.6 is 0 Å². The maximum Gasteiger partial charge on any atom is 1.00 e. The molecule has 0 heterocycles. The zero-order valence-corrected chi connectivity index (χ0v) is 8.05. The van der Waals surface area contributed by atoms with Gasteiger partial charge in [-0.1, -0.05) is 20.3 Å². The molecule has 2 nitrogen and oxygen atoms in total. The van der Waals surface area contributed by atoms with Gasteiger partial charge in [-0.25, -0.2) is 0 Å². The first-order valence-electron chi connectivity index (χ1n) is 3.66. The number of carboxylic acid groups (broad SMARTS) is 1. The van der Waals surface area contributed by atoms with Crippen LogP contribution in [0.3, 0.4) is 0 Å². The topological polar surface area (TPSA) is 37.3 Å². The summed E-state index contributed by atoms with van der Waals surface area (Å²) in [5.41, 5.74) is 0. The zero-order valence-electron chi connectivity index (χ0n) is 8.05. The van der Waals surface area contributed by atoms with Crippen molar-refractivity contribution in [2.24, 2.45) is 0 Å². The zero-order chi connectivity index (χ0) is 8.41. The molecule has 0 bridgehead atoms. The van der Waals surface area contributed by atoms with Crippen molar-refractivity contribution in [3.63, 3.8) is 0 Å². The first-order valence-corrected chi connectivity index (χ1v) is 3.66. The molecule has 0 spiro atoms. The standard InChI is InChI=1S/C6H13.C2H4O2.Li/c1-3-5-6-4-2;1-2(3)4;/h5H,3-4,6H2,1-2H3;1H3,(H,3,4);/q-1;;+1. The van der Waals surface area contributed by atoms with Gasteiger partial charge >= 0.3 is 18.9 Å². The van der Waals surface area contributed by atoms with Gasteiger partial charge in [-0.15, -0.1) is 0 Å². The van der Waals surface area contributed by atoms with Gasteiger partial charge in [0.05, 0.1) is 0 Å². The van der Waals surface area contributed by atoms with E-state index < -0.39 is 5.97 Å². The summed E-state index contributed by atoms with van der Waals surface area (Å²) in [5.74, 6) is -0.833. The van der Waals surface area contributed by atoms with Crippen LogP contribution in [0.15, 0.2) is 0 Å². The average Bonchev–Trinajstić information content (AvgIpc) is 1.82. The molecule has 1 N–H and O–H groups in total. The molecule has 0 unspecified atom stereocenters. The molecule has 0 aliphatic carbocycles. The van der Waals surface area contributed by atoms with Crippen LogP contribution in [0.25, 0.3) is 0 Å². The third kappa shape index (κ3) is 69.6. The van der Waals surface area contributed by atoms with E-state index in [4.69, 9.17) is 9.90 Å². The first-order chi connectivity index (χ1) is 4.65. The van der Waals surface area contributed by atoms with E-state index in [-0.39, 0.29) is 18.9 Å². The summed E-state index contributed by atoms with van der Waals surface area (Å²) in [6.07, 6.45) is 6.12. The van der Waals surface area contributed by atoms with E-state index >= 15 is 0 Å². The number of rotatable bonds is 3. The molecule has 0 aromatic carbocycles. The Morgan fingerprint density at radius 1 is 1.45 bits per heavy atom. The molecule has 0 amide bonds. The second-order valence-electron chi connectivity index (χ2n) is 2.00. The molecule has 0 aromatic heterocycles. The van der Waals surface area contributed by atoms with Crippen LogP contribution < -0.4 is 18.9 Å². The van der Waals surface area contributed by atoms with Crippen LogP contribution in [-0.2, 0) is 4.79 Å². The fourth-order valence-electron chi connectivity index (χ4n) is 0.408. The van der Waals surface area contributed by atoms with Gasteiger partial charge in [-0.3, -0.25) is 4.79 Å². The smallest absolute Gasteiger partial charge is 0.481 e. The van der Waals surface area contributed by atoms with Gasteiger partial charge in [-0.2, -0.15) is 12.8 Å². The molecule has 0 fully saturated rings. The minimum Gasteiger partial charge on any atom is -0.481 e. The molecule has 11 heavy (non-hydrogen) atoms. The van der Waals surface area contributed by atoms with Crippen molar-refractivity contribution in [1.82, 2.24) is 0 Å². The maximum atomic E-state index is 9.00. The molecule has 0 aliphatic heterocycles. The Bertz CT molecular complexity index is 66.5. The predicted octanol–water partition coefficient (Wildman–Crippen LogP) is -0.504. The molecule has 0 saturated carbocycles. The van der Waals surface area contributed by atoms with Crippen molar-refractivity contribution < 1.29 is 28.8 Å². The number of carboxylic acids is 1. The van der Waals surface area contributed by atoms with Crippen molar-refractivity contribution in [3.05, 3.63) is 6.42 Å².